The fourth-order valence-electron chi connectivity index (χ4n) is 3.01. The van der Waals surface area contributed by atoms with Gasteiger partial charge in [0, 0.05) is 31.3 Å². The van der Waals surface area contributed by atoms with Crippen LogP contribution in [0.4, 0.5) is 11.7 Å². The number of nitrogens with one attached hydrogen (secondary N) is 1. The van der Waals surface area contributed by atoms with Crippen molar-refractivity contribution in [2.75, 3.05) is 24.3 Å². The first-order valence-electron chi connectivity index (χ1n) is 8.04. The Hall–Kier alpha value is -2.37. The van der Waals surface area contributed by atoms with Gasteiger partial charge in [-0.15, -0.1) is 5.10 Å². The van der Waals surface area contributed by atoms with Crippen molar-refractivity contribution in [2.24, 2.45) is 17.8 Å². The molecule has 6 heteroatoms. The first kappa shape index (κ1) is 14.2. The molecule has 2 saturated carbocycles. The van der Waals surface area contributed by atoms with Crippen molar-refractivity contribution < 1.29 is 9.21 Å². The summed E-state index contributed by atoms with van der Waals surface area (Å²) in [5.41, 5.74) is 1.65. The third-order valence-electron chi connectivity index (χ3n) is 4.60. The quantitative estimate of drug-likeness (QED) is 0.919. The summed E-state index contributed by atoms with van der Waals surface area (Å²) in [6, 6.07) is 7.99. The first-order chi connectivity index (χ1) is 11.1. The molecule has 0 unspecified atom stereocenters. The highest BCUT2D eigenvalue weighted by Crippen LogP contribution is 2.54. The van der Waals surface area contributed by atoms with Gasteiger partial charge in [-0.3, -0.25) is 4.79 Å². The van der Waals surface area contributed by atoms with Gasteiger partial charge in [0.2, 0.25) is 11.8 Å². The molecule has 2 atom stereocenters. The van der Waals surface area contributed by atoms with Crippen molar-refractivity contribution in [2.45, 2.75) is 19.3 Å². The number of aromatic nitrogens is 2. The third-order valence-corrected chi connectivity index (χ3v) is 4.60. The lowest BCUT2D eigenvalue weighted by molar-refractivity contribution is -0.117. The SMILES string of the molecule is CN(C)c1nnc(-c2ccc(NC(=O)[C@H]3C[C@H]3C3CC3)cc2)o1. The minimum absolute atomic E-state index is 0.155. The molecule has 1 N–H and O–H groups in total. The molecule has 1 heterocycles. The molecule has 4 rings (SSSR count). The summed E-state index contributed by atoms with van der Waals surface area (Å²) in [5, 5.41) is 11.0. The Bertz CT molecular complexity index is 718. The third kappa shape index (κ3) is 2.93. The maximum Gasteiger partial charge on any atom is 0.317 e. The van der Waals surface area contributed by atoms with E-state index in [0.29, 0.717) is 17.8 Å². The van der Waals surface area contributed by atoms with Gasteiger partial charge >= 0.3 is 6.01 Å². The molecule has 0 aliphatic heterocycles. The molecule has 0 radical (unpaired) electrons. The molecular formula is C17H20N4O2. The van der Waals surface area contributed by atoms with Crippen LogP contribution in [0, 0.1) is 17.8 Å². The van der Waals surface area contributed by atoms with E-state index < -0.39 is 0 Å². The molecule has 0 bridgehead atoms. The van der Waals surface area contributed by atoms with Crippen LogP contribution in [0.15, 0.2) is 28.7 Å². The van der Waals surface area contributed by atoms with Crippen LogP contribution in [0.3, 0.4) is 0 Å². The number of carbonyl (C=O) groups excluding carboxylic acids is 1. The van der Waals surface area contributed by atoms with Crippen molar-refractivity contribution in [3.63, 3.8) is 0 Å². The van der Waals surface area contributed by atoms with E-state index in [4.69, 9.17) is 4.42 Å². The number of carbonyl (C=O) groups is 1. The van der Waals surface area contributed by atoms with Crippen LogP contribution in [0.1, 0.15) is 19.3 Å². The van der Waals surface area contributed by atoms with Gasteiger partial charge in [0.1, 0.15) is 0 Å². The lowest BCUT2D eigenvalue weighted by Gasteiger charge is -2.05. The van der Waals surface area contributed by atoms with E-state index in [-0.39, 0.29) is 11.8 Å². The smallest absolute Gasteiger partial charge is 0.317 e. The summed E-state index contributed by atoms with van der Waals surface area (Å²) in [4.78, 5) is 14.0. The predicted octanol–water partition coefficient (Wildman–Crippen LogP) is 2.79. The highest BCUT2D eigenvalue weighted by Gasteiger charge is 2.51. The van der Waals surface area contributed by atoms with Crippen LogP contribution >= 0.6 is 0 Å². The van der Waals surface area contributed by atoms with Gasteiger partial charge in [0.05, 0.1) is 0 Å². The van der Waals surface area contributed by atoms with Crippen molar-refractivity contribution in [1.82, 2.24) is 10.2 Å². The Morgan fingerprint density at radius 2 is 1.96 bits per heavy atom. The molecule has 1 amide bonds. The Labute approximate surface area is 134 Å². The second-order valence-corrected chi connectivity index (χ2v) is 6.69. The summed E-state index contributed by atoms with van der Waals surface area (Å²) in [7, 11) is 3.70. The van der Waals surface area contributed by atoms with Gasteiger partial charge in [0.25, 0.3) is 0 Å². The fourth-order valence-corrected chi connectivity index (χ4v) is 3.01. The Balaban J connectivity index is 1.40. The number of hydrogen-bond acceptors (Lipinski definition) is 5. The molecule has 23 heavy (non-hydrogen) atoms. The van der Waals surface area contributed by atoms with E-state index in [1.807, 2.05) is 38.4 Å². The van der Waals surface area contributed by atoms with E-state index in [1.54, 1.807) is 4.90 Å². The maximum absolute atomic E-state index is 12.2. The Morgan fingerprint density at radius 3 is 2.57 bits per heavy atom. The van der Waals surface area contributed by atoms with E-state index in [0.717, 1.165) is 23.6 Å². The van der Waals surface area contributed by atoms with Crippen molar-refractivity contribution in [3.05, 3.63) is 24.3 Å². The largest absolute Gasteiger partial charge is 0.403 e. The van der Waals surface area contributed by atoms with Gasteiger partial charge in [0.15, 0.2) is 0 Å². The second kappa shape index (κ2) is 5.37. The maximum atomic E-state index is 12.2. The van der Waals surface area contributed by atoms with Crippen LogP contribution < -0.4 is 10.2 Å². The fraction of sp³-hybridized carbons (Fsp3) is 0.471. The van der Waals surface area contributed by atoms with Crippen LogP contribution in [0.25, 0.3) is 11.5 Å². The van der Waals surface area contributed by atoms with E-state index >= 15 is 0 Å². The molecule has 1 aromatic heterocycles. The molecule has 2 aliphatic rings. The summed E-state index contributed by atoms with van der Waals surface area (Å²) < 4.78 is 5.56. The molecule has 120 valence electrons. The molecule has 2 aromatic rings. The van der Waals surface area contributed by atoms with E-state index in [1.165, 1.54) is 12.8 Å². The molecular weight excluding hydrogens is 292 g/mol. The molecule has 0 saturated heterocycles. The number of hydrogen-bond donors (Lipinski definition) is 1. The number of amides is 1. The van der Waals surface area contributed by atoms with Crippen LogP contribution in [-0.2, 0) is 4.79 Å². The van der Waals surface area contributed by atoms with Crippen molar-refractivity contribution in [1.29, 1.82) is 0 Å². The van der Waals surface area contributed by atoms with Crippen LogP contribution in [-0.4, -0.2) is 30.2 Å². The molecule has 2 fully saturated rings. The summed E-state index contributed by atoms with van der Waals surface area (Å²) >= 11 is 0. The monoisotopic (exact) mass is 312 g/mol. The lowest BCUT2D eigenvalue weighted by Crippen LogP contribution is -2.15. The van der Waals surface area contributed by atoms with E-state index in [2.05, 4.69) is 15.5 Å². The van der Waals surface area contributed by atoms with Gasteiger partial charge in [-0.2, -0.15) is 0 Å². The standard InChI is InChI=1S/C17H20N4O2/c1-21(2)17-20-19-16(23-17)11-5-7-12(8-6-11)18-15(22)14-9-13(14)10-3-4-10/h5-8,10,13-14H,3-4,9H2,1-2H3,(H,18,22)/t13-,14-/m0/s1. The minimum Gasteiger partial charge on any atom is -0.403 e. The van der Waals surface area contributed by atoms with Gasteiger partial charge in [-0.25, -0.2) is 0 Å². The zero-order valence-corrected chi connectivity index (χ0v) is 13.3. The molecule has 6 nitrogen and oxygen atoms in total. The van der Waals surface area contributed by atoms with Gasteiger partial charge in [-0.1, -0.05) is 5.10 Å². The van der Waals surface area contributed by atoms with Crippen LogP contribution in [0.5, 0.6) is 0 Å². The van der Waals surface area contributed by atoms with E-state index in [9.17, 15) is 4.79 Å². The predicted molar refractivity (Wildman–Crippen MR) is 87.0 cm³/mol. The number of benzene rings is 1. The summed E-state index contributed by atoms with van der Waals surface area (Å²) in [6.45, 7) is 0. The second-order valence-electron chi connectivity index (χ2n) is 6.69. The lowest BCUT2D eigenvalue weighted by atomic mass is 10.2. The average Bonchev–Trinajstić information content (AvgIpc) is 3.43. The number of rotatable bonds is 5. The van der Waals surface area contributed by atoms with Crippen molar-refractivity contribution in [3.8, 4) is 11.5 Å². The van der Waals surface area contributed by atoms with Crippen molar-refractivity contribution >= 4 is 17.6 Å². The molecule has 2 aliphatic carbocycles. The minimum atomic E-state index is 0.155. The Morgan fingerprint density at radius 1 is 1.22 bits per heavy atom. The summed E-state index contributed by atoms with van der Waals surface area (Å²) in [6.07, 6.45) is 3.68. The Kier molecular flexibility index (Phi) is 3.32. The average molecular weight is 312 g/mol. The first-order valence-corrected chi connectivity index (χ1v) is 8.04. The van der Waals surface area contributed by atoms with Gasteiger partial charge in [-0.05, 0) is 55.4 Å². The highest BCUT2D eigenvalue weighted by atomic mass is 16.4. The summed E-state index contributed by atoms with van der Waals surface area (Å²) in [5.74, 6) is 2.30. The normalized spacial score (nSPS) is 22.7. The zero-order valence-electron chi connectivity index (χ0n) is 13.3. The number of anilines is 2. The molecule has 1 aromatic carbocycles. The van der Waals surface area contributed by atoms with Crippen LogP contribution in [0.2, 0.25) is 0 Å². The number of nitrogens with zero attached hydrogens (tertiary/aromatic N) is 3. The highest BCUT2D eigenvalue weighted by molar-refractivity contribution is 5.94. The van der Waals surface area contributed by atoms with Gasteiger partial charge < -0.3 is 14.6 Å². The topological polar surface area (TPSA) is 71.3 Å². The zero-order chi connectivity index (χ0) is 16.0. The molecule has 0 spiro atoms.